The van der Waals surface area contributed by atoms with Gasteiger partial charge in [0.1, 0.15) is 10.6 Å². The van der Waals surface area contributed by atoms with Crippen LogP contribution in [0.5, 0.6) is 5.75 Å². The molecule has 5 nitrogen and oxygen atoms in total. The van der Waals surface area contributed by atoms with Crippen molar-refractivity contribution in [1.29, 1.82) is 0 Å². The largest absolute Gasteiger partial charge is 0.492 e. The maximum atomic E-state index is 11.4. The number of carboxylic acid groups (broad SMARTS) is 1. The number of rotatable bonds is 8. The summed E-state index contributed by atoms with van der Waals surface area (Å²) in [6, 6.07) is 4.56. The molecule has 112 valence electrons. The number of ether oxygens (including phenoxy) is 1. The standard InChI is InChI=1S/C12H14BrClO5S/c13-9-5-6-10(11(8-9)20(14,17)18)19-7-3-1-2-4-12(15)16/h5-6,8H,1-4,7H2,(H,15,16). The zero-order valence-electron chi connectivity index (χ0n) is 10.5. The van der Waals surface area contributed by atoms with E-state index >= 15 is 0 Å². The third-order valence-electron chi connectivity index (χ3n) is 2.46. The van der Waals surface area contributed by atoms with Gasteiger partial charge in [-0.1, -0.05) is 15.9 Å². The SMILES string of the molecule is O=C(O)CCCCCOc1ccc(Br)cc1S(=O)(=O)Cl. The van der Waals surface area contributed by atoms with Crippen LogP contribution in [0.3, 0.4) is 0 Å². The second-order valence-corrected chi connectivity index (χ2v) is 7.53. The normalized spacial score (nSPS) is 11.3. The summed E-state index contributed by atoms with van der Waals surface area (Å²) in [6.07, 6.45) is 2.04. The molecule has 1 rings (SSSR count). The molecule has 0 fully saturated rings. The quantitative estimate of drug-likeness (QED) is 0.548. The Morgan fingerprint density at radius 1 is 1.30 bits per heavy atom. The fourth-order valence-corrected chi connectivity index (χ4v) is 3.04. The fourth-order valence-electron chi connectivity index (χ4n) is 1.53. The number of carboxylic acids is 1. The monoisotopic (exact) mass is 384 g/mol. The molecular weight excluding hydrogens is 372 g/mol. The Labute approximate surface area is 130 Å². The fraction of sp³-hybridized carbons (Fsp3) is 0.417. The van der Waals surface area contributed by atoms with Crippen molar-refractivity contribution in [2.24, 2.45) is 0 Å². The highest BCUT2D eigenvalue weighted by atomic mass is 79.9. The first-order valence-electron chi connectivity index (χ1n) is 5.89. The highest BCUT2D eigenvalue weighted by Crippen LogP contribution is 2.30. The van der Waals surface area contributed by atoms with Crippen LogP contribution in [-0.4, -0.2) is 26.1 Å². The molecule has 1 N–H and O–H groups in total. The molecule has 0 aliphatic carbocycles. The van der Waals surface area contributed by atoms with Crippen LogP contribution in [-0.2, 0) is 13.8 Å². The second-order valence-electron chi connectivity index (χ2n) is 4.08. The number of benzene rings is 1. The summed E-state index contributed by atoms with van der Waals surface area (Å²) in [5.41, 5.74) is 0. The van der Waals surface area contributed by atoms with Gasteiger partial charge in [-0.2, -0.15) is 0 Å². The molecule has 0 amide bonds. The molecule has 8 heteroatoms. The highest BCUT2D eigenvalue weighted by Gasteiger charge is 2.17. The predicted octanol–water partition coefficient (Wildman–Crippen LogP) is 3.40. The lowest BCUT2D eigenvalue weighted by atomic mass is 10.2. The summed E-state index contributed by atoms with van der Waals surface area (Å²) in [5, 5.41) is 8.48. The summed E-state index contributed by atoms with van der Waals surface area (Å²) in [5.74, 6) is -0.629. The number of hydrogen-bond acceptors (Lipinski definition) is 4. The van der Waals surface area contributed by atoms with Crippen LogP contribution in [0.15, 0.2) is 27.6 Å². The van der Waals surface area contributed by atoms with Gasteiger partial charge in [0.2, 0.25) is 0 Å². The topological polar surface area (TPSA) is 80.7 Å². The van der Waals surface area contributed by atoms with Gasteiger partial charge in [-0.3, -0.25) is 4.79 Å². The molecule has 0 unspecified atom stereocenters. The smallest absolute Gasteiger partial charge is 0.303 e. The molecule has 0 aliphatic rings. The third kappa shape index (κ3) is 6.11. The third-order valence-corrected chi connectivity index (χ3v) is 4.30. The minimum atomic E-state index is -3.88. The van der Waals surface area contributed by atoms with E-state index in [4.69, 9.17) is 20.5 Å². The van der Waals surface area contributed by atoms with Gasteiger partial charge < -0.3 is 9.84 Å². The van der Waals surface area contributed by atoms with E-state index in [0.717, 1.165) is 0 Å². The molecule has 0 spiro atoms. The Morgan fingerprint density at radius 2 is 2.00 bits per heavy atom. The molecule has 0 aromatic heterocycles. The van der Waals surface area contributed by atoms with Gasteiger partial charge in [0.05, 0.1) is 6.61 Å². The van der Waals surface area contributed by atoms with Gasteiger partial charge in [-0.05, 0) is 37.5 Å². The van der Waals surface area contributed by atoms with Crippen LogP contribution in [0.25, 0.3) is 0 Å². The van der Waals surface area contributed by atoms with Crippen molar-refractivity contribution in [3.05, 3.63) is 22.7 Å². The Morgan fingerprint density at radius 3 is 2.60 bits per heavy atom. The molecule has 20 heavy (non-hydrogen) atoms. The van der Waals surface area contributed by atoms with E-state index in [1.165, 1.54) is 12.1 Å². The number of unbranched alkanes of at least 4 members (excludes halogenated alkanes) is 2. The number of carbonyl (C=O) groups is 1. The predicted molar refractivity (Wildman–Crippen MR) is 78.8 cm³/mol. The van der Waals surface area contributed by atoms with Crippen LogP contribution in [0.1, 0.15) is 25.7 Å². The van der Waals surface area contributed by atoms with Crippen LogP contribution < -0.4 is 4.74 Å². The van der Waals surface area contributed by atoms with Gasteiger partial charge in [-0.15, -0.1) is 0 Å². The van der Waals surface area contributed by atoms with E-state index in [1.54, 1.807) is 6.07 Å². The average molecular weight is 386 g/mol. The molecule has 0 saturated heterocycles. The number of hydrogen-bond donors (Lipinski definition) is 1. The molecule has 0 aliphatic heterocycles. The summed E-state index contributed by atoms with van der Waals surface area (Å²) in [4.78, 5) is 10.2. The Hall–Kier alpha value is -0.790. The van der Waals surface area contributed by atoms with Gasteiger partial charge in [0, 0.05) is 21.6 Å². The molecule has 0 radical (unpaired) electrons. The second kappa shape index (κ2) is 7.85. The van der Waals surface area contributed by atoms with Crippen molar-refractivity contribution < 1.29 is 23.1 Å². The van der Waals surface area contributed by atoms with Crippen molar-refractivity contribution >= 4 is 41.6 Å². The molecule has 0 saturated carbocycles. The first-order chi connectivity index (χ1) is 9.30. The maximum absolute atomic E-state index is 11.4. The van der Waals surface area contributed by atoms with Crippen LogP contribution in [0.2, 0.25) is 0 Å². The van der Waals surface area contributed by atoms with E-state index in [9.17, 15) is 13.2 Å². The Bertz CT molecular complexity index is 573. The van der Waals surface area contributed by atoms with Crippen molar-refractivity contribution in [3.63, 3.8) is 0 Å². The van der Waals surface area contributed by atoms with E-state index in [0.29, 0.717) is 30.3 Å². The van der Waals surface area contributed by atoms with Crippen molar-refractivity contribution in [2.75, 3.05) is 6.61 Å². The zero-order chi connectivity index (χ0) is 15.2. The van der Waals surface area contributed by atoms with E-state index in [2.05, 4.69) is 15.9 Å². The van der Waals surface area contributed by atoms with Crippen LogP contribution >= 0.6 is 26.6 Å². The number of halogens is 2. The summed E-state index contributed by atoms with van der Waals surface area (Å²) in [7, 11) is 1.46. The molecule has 0 bridgehead atoms. The average Bonchev–Trinajstić information content (AvgIpc) is 2.33. The van der Waals surface area contributed by atoms with Gasteiger partial charge in [0.25, 0.3) is 9.05 Å². The van der Waals surface area contributed by atoms with Crippen LogP contribution in [0, 0.1) is 0 Å². The lowest BCUT2D eigenvalue weighted by molar-refractivity contribution is -0.137. The van der Waals surface area contributed by atoms with Crippen molar-refractivity contribution in [1.82, 2.24) is 0 Å². The molecular formula is C12H14BrClO5S. The Kier molecular flexibility index (Phi) is 6.78. The molecule has 1 aromatic carbocycles. The lowest BCUT2D eigenvalue weighted by Crippen LogP contribution is -2.02. The first-order valence-corrected chi connectivity index (χ1v) is 9.00. The van der Waals surface area contributed by atoms with E-state index in [1.807, 2.05) is 0 Å². The van der Waals surface area contributed by atoms with E-state index < -0.39 is 15.0 Å². The molecule has 0 heterocycles. The highest BCUT2D eigenvalue weighted by molar-refractivity contribution is 9.10. The molecule has 1 aromatic rings. The van der Waals surface area contributed by atoms with Gasteiger partial charge in [-0.25, -0.2) is 8.42 Å². The lowest BCUT2D eigenvalue weighted by Gasteiger charge is -2.09. The van der Waals surface area contributed by atoms with Gasteiger partial charge in [0.15, 0.2) is 0 Å². The van der Waals surface area contributed by atoms with Gasteiger partial charge >= 0.3 is 5.97 Å². The molecule has 0 atom stereocenters. The minimum Gasteiger partial charge on any atom is -0.492 e. The van der Waals surface area contributed by atoms with Crippen molar-refractivity contribution in [3.8, 4) is 5.75 Å². The maximum Gasteiger partial charge on any atom is 0.303 e. The zero-order valence-corrected chi connectivity index (χ0v) is 13.7. The number of aliphatic carboxylic acids is 1. The first kappa shape index (κ1) is 17.3. The van der Waals surface area contributed by atoms with E-state index in [-0.39, 0.29) is 17.1 Å². The summed E-state index contributed by atoms with van der Waals surface area (Å²) >= 11 is 3.17. The van der Waals surface area contributed by atoms with Crippen LogP contribution in [0.4, 0.5) is 0 Å². The van der Waals surface area contributed by atoms with Crippen molar-refractivity contribution in [2.45, 2.75) is 30.6 Å². The minimum absolute atomic E-state index is 0.0842. The Balaban J connectivity index is 2.54. The summed E-state index contributed by atoms with van der Waals surface area (Å²) in [6.45, 7) is 0.306. The summed E-state index contributed by atoms with van der Waals surface area (Å²) < 4.78 is 28.8.